The highest BCUT2D eigenvalue weighted by molar-refractivity contribution is 7.92. The van der Waals surface area contributed by atoms with E-state index in [1.165, 1.54) is 25.3 Å². The van der Waals surface area contributed by atoms with E-state index in [2.05, 4.69) is 4.72 Å². The molecule has 0 aromatic heterocycles. The van der Waals surface area contributed by atoms with E-state index < -0.39 is 10.0 Å². The highest BCUT2D eigenvalue weighted by Gasteiger charge is 2.17. The van der Waals surface area contributed by atoms with E-state index in [0.29, 0.717) is 0 Å². The molecule has 0 bridgehead atoms. The number of anilines is 1. The molecule has 2 aromatic rings. The minimum atomic E-state index is -3.74. The molecule has 0 aliphatic rings. The van der Waals surface area contributed by atoms with Crippen molar-refractivity contribution in [3.05, 3.63) is 48.0 Å². The highest BCUT2D eigenvalue weighted by atomic mass is 32.2. The van der Waals surface area contributed by atoms with Gasteiger partial charge >= 0.3 is 0 Å². The zero-order valence-corrected chi connectivity index (χ0v) is 11.9. The summed E-state index contributed by atoms with van der Waals surface area (Å²) in [6.07, 6.45) is 0. The third kappa shape index (κ3) is 2.85. The van der Waals surface area contributed by atoms with Gasteiger partial charge in [-0.1, -0.05) is 23.8 Å². The molecule has 0 atom stereocenters. The molecule has 6 heteroatoms. The maximum absolute atomic E-state index is 12.2. The van der Waals surface area contributed by atoms with Crippen molar-refractivity contribution >= 4 is 15.7 Å². The van der Waals surface area contributed by atoms with Gasteiger partial charge in [0.25, 0.3) is 10.0 Å². The number of para-hydroxylation sites is 1. The molecule has 20 heavy (non-hydrogen) atoms. The second-order valence-corrected chi connectivity index (χ2v) is 5.96. The Kier molecular flexibility index (Phi) is 3.85. The van der Waals surface area contributed by atoms with Crippen LogP contribution in [0.25, 0.3) is 0 Å². The zero-order chi connectivity index (χ0) is 14.8. The van der Waals surface area contributed by atoms with Gasteiger partial charge in [0.1, 0.15) is 0 Å². The van der Waals surface area contributed by atoms with Crippen molar-refractivity contribution in [2.45, 2.75) is 11.8 Å². The average Bonchev–Trinajstić information content (AvgIpc) is 2.41. The third-order valence-corrected chi connectivity index (χ3v) is 4.18. The van der Waals surface area contributed by atoms with Gasteiger partial charge in [-0.05, 0) is 31.2 Å². The summed E-state index contributed by atoms with van der Waals surface area (Å²) in [5.74, 6) is -0.0419. The van der Waals surface area contributed by atoms with Gasteiger partial charge in [0.2, 0.25) is 0 Å². The summed E-state index contributed by atoms with van der Waals surface area (Å²) in [5.41, 5.74) is 1.04. The van der Waals surface area contributed by atoms with Crippen LogP contribution in [0.15, 0.2) is 47.4 Å². The molecule has 0 heterocycles. The summed E-state index contributed by atoms with van der Waals surface area (Å²) in [6.45, 7) is 1.87. The minimum Gasteiger partial charge on any atom is -0.503 e. The number of hydrogen-bond donors (Lipinski definition) is 2. The number of benzene rings is 2. The van der Waals surface area contributed by atoms with Gasteiger partial charge in [-0.25, -0.2) is 8.42 Å². The molecule has 2 aromatic carbocycles. The van der Waals surface area contributed by atoms with Crippen molar-refractivity contribution < 1.29 is 18.3 Å². The SMILES string of the molecule is COc1cccc(NS(=O)(=O)c2ccc(C)cc2)c1O. The van der Waals surface area contributed by atoms with E-state index in [-0.39, 0.29) is 22.1 Å². The van der Waals surface area contributed by atoms with E-state index >= 15 is 0 Å². The first-order valence-electron chi connectivity index (χ1n) is 5.89. The molecular weight excluding hydrogens is 278 g/mol. The topological polar surface area (TPSA) is 75.6 Å². The second-order valence-electron chi connectivity index (χ2n) is 4.27. The van der Waals surface area contributed by atoms with Gasteiger partial charge in [-0.2, -0.15) is 0 Å². The molecular formula is C14H15NO4S. The van der Waals surface area contributed by atoms with Crippen LogP contribution in [0.1, 0.15) is 5.56 Å². The first-order valence-corrected chi connectivity index (χ1v) is 7.38. The summed E-state index contributed by atoms with van der Waals surface area (Å²) >= 11 is 0. The van der Waals surface area contributed by atoms with Crippen molar-refractivity contribution in [2.24, 2.45) is 0 Å². The number of ether oxygens (including phenoxy) is 1. The lowest BCUT2D eigenvalue weighted by Crippen LogP contribution is -2.13. The van der Waals surface area contributed by atoms with Gasteiger partial charge in [0, 0.05) is 0 Å². The van der Waals surface area contributed by atoms with E-state index in [0.717, 1.165) is 5.56 Å². The van der Waals surface area contributed by atoms with Crippen LogP contribution in [0.4, 0.5) is 5.69 Å². The molecule has 0 spiro atoms. The fourth-order valence-electron chi connectivity index (χ4n) is 1.69. The Morgan fingerprint density at radius 2 is 1.75 bits per heavy atom. The monoisotopic (exact) mass is 293 g/mol. The van der Waals surface area contributed by atoms with E-state index in [1.54, 1.807) is 24.3 Å². The molecule has 0 saturated carbocycles. The first-order chi connectivity index (χ1) is 9.44. The number of methoxy groups -OCH3 is 1. The van der Waals surface area contributed by atoms with Crippen LogP contribution in [-0.4, -0.2) is 20.6 Å². The summed E-state index contributed by atoms with van der Waals surface area (Å²) in [6, 6.07) is 11.0. The van der Waals surface area contributed by atoms with Crippen LogP contribution in [-0.2, 0) is 10.0 Å². The van der Waals surface area contributed by atoms with Crippen molar-refractivity contribution in [3.8, 4) is 11.5 Å². The second kappa shape index (κ2) is 5.42. The molecule has 0 radical (unpaired) electrons. The molecule has 0 saturated heterocycles. The molecule has 0 unspecified atom stereocenters. The highest BCUT2D eigenvalue weighted by Crippen LogP contribution is 2.34. The maximum Gasteiger partial charge on any atom is 0.262 e. The van der Waals surface area contributed by atoms with Crippen LogP contribution in [0.2, 0.25) is 0 Å². The summed E-state index contributed by atoms with van der Waals surface area (Å²) in [5, 5.41) is 9.89. The number of phenols is 1. The third-order valence-electron chi connectivity index (χ3n) is 2.79. The Balaban J connectivity index is 2.36. The fraction of sp³-hybridized carbons (Fsp3) is 0.143. The molecule has 2 rings (SSSR count). The van der Waals surface area contributed by atoms with Gasteiger partial charge in [-0.3, -0.25) is 4.72 Å². The molecule has 106 valence electrons. The van der Waals surface area contributed by atoms with Gasteiger partial charge in [0.15, 0.2) is 11.5 Å². The number of hydrogen-bond acceptors (Lipinski definition) is 4. The molecule has 0 amide bonds. The quantitative estimate of drug-likeness (QED) is 0.849. The van der Waals surface area contributed by atoms with E-state index in [9.17, 15) is 13.5 Å². The average molecular weight is 293 g/mol. The van der Waals surface area contributed by atoms with Gasteiger partial charge in [-0.15, -0.1) is 0 Å². The molecule has 0 aliphatic heterocycles. The standard InChI is InChI=1S/C14H15NO4S/c1-10-6-8-11(9-7-10)20(17,18)15-12-4-3-5-13(19-2)14(12)16/h3-9,15-16H,1-2H3. The minimum absolute atomic E-state index is 0.0740. The Bertz CT molecular complexity index is 708. The van der Waals surface area contributed by atoms with Crippen molar-refractivity contribution in [1.29, 1.82) is 0 Å². The molecule has 5 nitrogen and oxygen atoms in total. The Labute approximate surface area is 117 Å². The maximum atomic E-state index is 12.2. The lowest BCUT2D eigenvalue weighted by atomic mass is 10.2. The van der Waals surface area contributed by atoms with E-state index in [4.69, 9.17) is 4.74 Å². The number of aromatic hydroxyl groups is 1. The normalized spacial score (nSPS) is 11.1. The number of aryl methyl sites for hydroxylation is 1. The number of phenolic OH excluding ortho intramolecular Hbond substituents is 1. The fourth-order valence-corrected chi connectivity index (χ4v) is 2.76. The number of rotatable bonds is 4. The Morgan fingerprint density at radius 1 is 1.10 bits per heavy atom. The van der Waals surface area contributed by atoms with Crippen molar-refractivity contribution in [1.82, 2.24) is 0 Å². The molecule has 2 N–H and O–H groups in total. The smallest absolute Gasteiger partial charge is 0.262 e. The van der Waals surface area contributed by atoms with Crippen LogP contribution in [0.5, 0.6) is 11.5 Å². The van der Waals surface area contributed by atoms with Crippen LogP contribution < -0.4 is 9.46 Å². The lowest BCUT2D eigenvalue weighted by Gasteiger charge is -2.11. The predicted molar refractivity (Wildman–Crippen MR) is 76.6 cm³/mol. The van der Waals surface area contributed by atoms with Crippen molar-refractivity contribution in [3.63, 3.8) is 0 Å². The molecule has 0 aliphatic carbocycles. The van der Waals surface area contributed by atoms with E-state index in [1.807, 2.05) is 6.92 Å². The van der Waals surface area contributed by atoms with Gasteiger partial charge < -0.3 is 9.84 Å². The number of sulfonamides is 1. The first kappa shape index (κ1) is 14.2. The Hall–Kier alpha value is -2.21. The largest absolute Gasteiger partial charge is 0.503 e. The Morgan fingerprint density at radius 3 is 2.35 bits per heavy atom. The van der Waals surface area contributed by atoms with Crippen LogP contribution in [0.3, 0.4) is 0 Å². The van der Waals surface area contributed by atoms with Crippen LogP contribution in [0, 0.1) is 6.92 Å². The van der Waals surface area contributed by atoms with Crippen molar-refractivity contribution in [2.75, 3.05) is 11.8 Å². The summed E-state index contributed by atoms with van der Waals surface area (Å²) in [4.78, 5) is 0.130. The zero-order valence-electron chi connectivity index (χ0n) is 11.1. The number of nitrogens with one attached hydrogen (secondary N) is 1. The van der Waals surface area contributed by atoms with Gasteiger partial charge in [0.05, 0.1) is 17.7 Å². The van der Waals surface area contributed by atoms with Crippen LogP contribution >= 0.6 is 0 Å². The summed E-state index contributed by atoms with van der Waals surface area (Å²) in [7, 11) is -2.35. The summed E-state index contributed by atoms with van der Waals surface area (Å²) < 4.78 is 31.7. The predicted octanol–water partition coefficient (Wildman–Crippen LogP) is 2.51. The molecule has 0 fully saturated rings. The lowest BCUT2D eigenvalue weighted by molar-refractivity contribution is 0.375.